The smallest absolute Gasteiger partial charge is 0.231 e. The molecule has 1 aromatic carbocycles. The molecule has 1 N–H and O–H groups in total. The second-order valence-electron chi connectivity index (χ2n) is 5.37. The third kappa shape index (κ3) is 2.98. The summed E-state index contributed by atoms with van der Waals surface area (Å²) in [6, 6.07) is 6.45. The second-order valence-corrected chi connectivity index (χ2v) is 5.37. The van der Waals surface area contributed by atoms with Gasteiger partial charge in [-0.15, -0.1) is 0 Å². The molecule has 1 aromatic rings. The minimum atomic E-state index is 0.0586. The van der Waals surface area contributed by atoms with Crippen molar-refractivity contribution in [2.75, 3.05) is 25.5 Å². The van der Waals surface area contributed by atoms with E-state index in [1.165, 1.54) is 24.0 Å². The Bertz CT molecular complexity index is 456. The van der Waals surface area contributed by atoms with Crippen LogP contribution >= 0.6 is 0 Å². The zero-order valence-electron chi connectivity index (χ0n) is 12.2. The van der Waals surface area contributed by atoms with E-state index in [1.807, 2.05) is 19.0 Å². The molecule has 1 unspecified atom stereocenters. The number of hydrogen-bond acceptors (Lipinski definition) is 2. The highest BCUT2D eigenvalue weighted by Crippen LogP contribution is 2.27. The minimum Gasteiger partial charge on any atom is -0.319 e. The zero-order chi connectivity index (χ0) is 13.8. The van der Waals surface area contributed by atoms with Gasteiger partial charge in [0.15, 0.2) is 0 Å². The molecule has 0 fully saturated rings. The van der Waals surface area contributed by atoms with Crippen LogP contribution in [0.15, 0.2) is 18.2 Å². The Balaban J connectivity index is 2.14. The Kier molecular flexibility index (Phi) is 4.59. The third-order valence-corrected chi connectivity index (χ3v) is 4.09. The van der Waals surface area contributed by atoms with Crippen LogP contribution < -0.4 is 10.2 Å². The van der Waals surface area contributed by atoms with E-state index in [4.69, 9.17) is 0 Å². The fraction of sp³-hybridized carbons (Fsp3) is 0.562. The first-order chi connectivity index (χ1) is 9.17. The molecule has 0 saturated heterocycles. The molecule has 1 amide bonds. The van der Waals surface area contributed by atoms with Gasteiger partial charge in [0.2, 0.25) is 5.91 Å². The van der Waals surface area contributed by atoms with Gasteiger partial charge in [0, 0.05) is 19.3 Å². The maximum atomic E-state index is 12.5. The summed E-state index contributed by atoms with van der Waals surface area (Å²) in [5.41, 5.74) is 3.89. The second kappa shape index (κ2) is 6.20. The van der Waals surface area contributed by atoms with Crippen molar-refractivity contribution in [3.8, 4) is 0 Å². The molecular weight excluding hydrogens is 236 g/mol. The SMILES string of the molecule is CCC(CNC)C(=O)N(C)c1ccc2c(c1)CCC2. The summed E-state index contributed by atoms with van der Waals surface area (Å²) in [6.07, 6.45) is 4.45. The number of hydrogen-bond donors (Lipinski definition) is 1. The largest absolute Gasteiger partial charge is 0.319 e. The number of carbonyl (C=O) groups excluding carboxylic acids is 1. The van der Waals surface area contributed by atoms with Crippen LogP contribution in [0.4, 0.5) is 5.69 Å². The summed E-state index contributed by atoms with van der Waals surface area (Å²) in [5.74, 6) is 0.262. The van der Waals surface area contributed by atoms with Crippen LogP contribution in [0.5, 0.6) is 0 Å². The van der Waals surface area contributed by atoms with Gasteiger partial charge in [-0.2, -0.15) is 0 Å². The number of nitrogens with one attached hydrogen (secondary N) is 1. The van der Waals surface area contributed by atoms with Gasteiger partial charge < -0.3 is 10.2 Å². The lowest BCUT2D eigenvalue weighted by molar-refractivity contribution is -0.122. The van der Waals surface area contributed by atoms with Crippen molar-refractivity contribution in [3.63, 3.8) is 0 Å². The summed E-state index contributed by atoms with van der Waals surface area (Å²) in [5, 5.41) is 3.10. The number of amides is 1. The standard InChI is InChI=1S/C16H24N2O/c1-4-12(11-17-2)16(19)18(3)15-9-8-13-6-5-7-14(13)10-15/h8-10,12,17H,4-7,11H2,1-3H3. The van der Waals surface area contributed by atoms with Crippen LogP contribution in [-0.2, 0) is 17.6 Å². The Morgan fingerprint density at radius 3 is 2.79 bits per heavy atom. The van der Waals surface area contributed by atoms with Crippen molar-refractivity contribution in [2.45, 2.75) is 32.6 Å². The number of fused-ring (bicyclic) bond motifs is 1. The first-order valence-electron chi connectivity index (χ1n) is 7.21. The van der Waals surface area contributed by atoms with Crippen LogP contribution in [-0.4, -0.2) is 26.5 Å². The van der Waals surface area contributed by atoms with Gasteiger partial charge in [-0.3, -0.25) is 4.79 Å². The molecule has 0 aromatic heterocycles. The topological polar surface area (TPSA) is 32.3 Å². The molecule has 1 atom stereocenters. The molecule has 104 valence electrons. The van der Waals surface area contributed by atoms with Crippen molar-refractivity contribution in [1.29, 1.82) is 0 Å². The van der Waals surface area contributed by atoms with Gasteiger partial charge in [-0.25, -0.2) is 0 Å². The van der Waals surface area contributed by atoms with Gasteiger partial charge in [0.1, 0.15) is 0 Å². The lowest BCUT2D eigenvalue weighted by Gasteiger charge is -2.23. The summed E-state index contributed by atoms with van der Waals surface area (Å²) < 4.78 is 0. The number of carbonyl (C=O) groups is 1. The number of anilines is 1. The van der Waals surface area contributed by atoms with Gasteiger partial charge in [-0.1, -0.05) is 13.0 Å². The lowest BCUT2D eigenvalue weighted by atomic mass is 10.0. The average Bonchev–Trinajstić information content (AvgIpc) is 2.90. The first-order valence-corrected chi connectivity index (χ1v) is 7.21. The molecule has 1 aliphatic carbocycles. The van der Waals surface area contributed by atoms with Gasteiger partial charge in [-0.05, 0) is 56.0 Å². The molecule has 3 heteroatoms. The Hall–Kier alpha value is -1.35. The fourth-order valence-corrected chi connectivity index (χ4v) is 2.82. The molecule has 0 saturated carbocycles. The molecule has 3 nitrogen and oxygen atoms in total. The normalized spacial score (nSPS) is 15.1. The maximum absolute atomic E-state index is 12.5. The molecule has 19 heavy (non-hydrogen) atoms. The zero-order valence-corrected chi connectivity index (χ0v) is 12.2. The van der Waals surface area contributed by atoms with Gasteiger partial charge >= 0.3 is 0 Å². The van der Waals surface area contributed by atoms with Crippen LogP contribution in [0.3, 0.4) is 0 Å². The fourth-order valence-electron chi connectivity index (χ4n) is 2.82. The van der Waals surface area contributed by atoms with Crippen LogP contribution in [0, 0.1) is 5.92 Å². The predicted molar refractivity (Wildman–Crippen MR) is 79.6 cm³/mol. The van der Waals surface area contributed by atoms with Gasteiger partial charge in [0.25, 0.3) is 0 Å². The summed E-state index contributed by atoms with van der Waals surface area (Å²) in [4.78, 5) is 14.3. The monoisotopic (exact) mass is 260 g/mol. The summed E-state index contributed by atoms with van der Waals surface area (Å²) >= 11 is 0. The van der Waals surface area contributed by atoms with E-state index in [1.54, 1.807) is 0 Å². The highest BCUT2D eigenvalue weighted by molar-refractivity contribution is 5.94. The van der Waals surface area contributed by atoms with Crippen molar-refractivity contribution in [2.24, 2.45) is 5.92 Å². The summed E-state index contributed by atoms with van der Waals surface area (Å²) in [6.45, 7) is 2.81. The third-order valence-electron chi connectivity index (χ3n) is 4.09. The average molecular weight is 260 g/mol. The number of benzene rings is 1. The molecule has 0 bridgehead atoms. The quantitative estimate of drug-likeness (QED) is 0.881. The number of rotatable bonds is 5. The Morgan fingerprint density at radius 1 is 1.37 bits per heavy atom. The highest BCUT2D eigenvalue weighted by Gasteiger charge is 2.21. The van der Waals surface area contributed by atoms with E-state index in [9.17, 15) is 4.79 Å². The van der Waals surface area contributed by atoms with E-state index >= 15 is 0 Å². The lowest BCUT2D eigenvalue weighted by Crippen LogP contribution is -2.37. The van der Waals surface area contributed by atoms with E-state index in [0.29, 0.717) is 0 Å². The molecule has 0 aliphatic heterocycles. The van der Waals surface area contributed by atoms with Crippen LogP contribution in [0.25, 0.3) is 0 Å². The Labute approximate surface area is 116 Å². The molecule has 0 radical (unpaired) electrons. The van der Waals surface area contributed by atoms with Crippen molar-refractivity contribution >= 4 is 11.6 Å². The van der Waals surface area contributed by atoms with Crippen molar-refractivity contribution in [3.05, 3.63) is 29.3 Å². The van der Waals surface area contributed by atoms with E-state index < -0.39 is 0 Å². The maximum Gasteiger partial charge on any atom is 0.231 e. The molecular formula is C16H24N2O. The minimum absolute atomic E-state index is 0.0586. The predicted octanol–water partition coefficient (Wildman–Crippen LogP) is 2.38. The number of nitrogens with zero attached hydrogens (tertiary/aromatic N) is 1. The number of aryl methyl sites for hydroxylation is 2. The van der Waals surface area contributed by atoms with E-state index in [2.05, 4.69) is 30.4 Å². The summed E-state index contributed by atoms with van der Waals surface area (Å²) in [7, 11) is 3.78. The molecule has 0 spiro atoms. The van der Waals surface area contributed by atoms with Gasteiger partial charge in [0.05, 0.1) is 5.92 Å². The van der Waals surface area contributed by atoms with Crippen molar-refractivity contribution < 1.29 is 4.79 Å². The van der Waals surface area contributed by atoms with Crippen molar-refractivity contribution in [1.82, 2.24) is 5.32 Å². The molecule has 2 rings (SSSR count). The van der Waals surface area contributed by atoms with E-state index in [-0.39, 0.29) is 11.8 Å². The Morgan fingerprint density at radius 2 is 2.11 bits per heavy atom. The van der Waals surface area contributed by atoms with Crippen LogP contribution in [0.1, 0.15) is 30.9 Å². The van der Waals surface area contributed by atoms with Crippen LogP contribution in [0.2, 0.25) is 0 Å². The highest BCUT2D eigenvalue weighted by atomic mass is 16.2. The molecule has 1 aliphatic rings. The van der Waals surface area contributed by atoms with E-state index in [0.717, 1.165) is 25.1 Å². The molecule has 0 heterocycles. The first kappa shape index (κ1) is 14.1.